The van der Waals surface area contributed by atoms with Crippen molar-refractivity contribution in [1.29, 1.82) is 0 Å². The van der Waals surface area contributed by atoms with Crippen LogP contribution in [0.2, 0.25) is 0 Å². The fourth-order valence-corrected chi connectivity index (χ4v) is 3.82. The predicted octanol–water partition coefficient (Wildman–Crippen LogP) is 3.99. The monoisotopic (exact) mass is 416 g/mol. The zero-order chi connectivity index (χ0) is 20.9. The highest BCUT2D eigenvalue weighted by atomic mass is 32.1. The van der Waals surface area contributed by atoms with E-state index in [4.69, 9.17) is 5.73 Å². The molecule has 1 amide bonds. The summed E-state index contributed by atoms with van der Waals surface area (Å²) in [5, 5.41) is 17.8. The summed E-state index contributed by atoms with van der Waals surface area (Å²) in [7, 11) is 0. The second-order valence-electron chi connectivity index (χ2n) is 6.72. The highest BCUT2D eigenvalue weighted by Gasteiger charge is 2.26. The molecule has 0 fully saturated rings. The number of rotatable bonds is 6. The number of carbonyl (C=O) groups excluding carboxylic acids is 1. The molecule has 2 aromatic heterocycles. The maximum absolute atomic E-state index is 13.1. The Labute approximate surface area is 178 Å². The van der Waals surface area contributed by atoms with E-state index >= 15 is 0 Å². The summed E-state index contributed by atoms with van der Waals surface area (Å²) in [6.07, 6.45) is 0.591. The quantitative estimate of drug-likeness (QED) is 0.441. The Morgan fingerprint density at radius 1 is 1.00 bits per heavy atom. The van der Waals surface area contributed by atoms with Crippen molar-refractivity contribution >= 4 is 23.1 Å². The predicted molar refractivity (Wildman–Crippen MR) is 118 cm³/mol. The standard InChI is InChI=1S/C23H20N4O2S/c24-22-20(26-18(13-25-22)17-11-12-30-14-17)23(29)27-19(15-7-3-1-4-8-15)21(28)16-9-5-2-6-10-16/h1-14,19,21,28H,(H2,24,25)(H,27,29)/t19-,21-/m0/s1. The Morgan fingerprint density at radius 2 is 1.67 bits per heavy atom. The van der Waals surface area contributed by atoms with Crippen molar-refractivity contribution in [2.24, 2.45) is 0 Å². The van der Waals surface area contributed by atoms with E-state index < -0.39 is 18.1 Å². The topological polar surface area (TPSA) is 101 Å². The minimum absolute atomic E-state index is 0.0277. The summed E-state index contributed by atoms with van der Waals surface area (Å²) in [6.45, 7) is 0. The lowest BCUT2D eigenvalue weighted by molar-refractivity contribution is 0.0827. The average Bonchev–Trinajstić information content (AvgIpc) is 3.33. The molecular formula is C23H20N4O2S. The van der Waals surface area contributed by atoms with E-state index in [0.29, 0.717) is 11.3 Å². The molecular weight excluding hydrogens is 396 g/mol. The molecule has 0 aliphatic rings. The van der Waals surface area contributed by atoms with Gasteiger partial charge >= 0.3 is 0 Å². The maximum Gasteiger partial charge on any atom is 0.274 e. The van der Waals surface area contributed by atoms with Crippen LogP contribution in [0.15, 0.2) is 83.7 Å². The van der Waals surface area contributed by atoms with Crippen molar-refractivity contribution < 1.29 is 9.90 Å². The first kappa shape index (κ1) is 19.8. The minimum Gasteiger partial charge on any atom is -0.386 e. The Bertz CT molecular complexity index is 1120. The van der Waals surface area contributed by atoms with E-state index in [1.54, 1.807) is 6.20 Å². The zero-order valence-electron chi connectivity index (χ0n) is 16.0. The number of nitrogen functional groups attached to an aromatic ring is 1. The van der Waals surface area contributed by atoms with Gasteiger partial charge in [-0.05, 0) is 22.6 Å². The van der Waals surface area contributed by atoms with Gasteiger partial charge in [-0.25, -0.2) is 9.97 Å². The molecule has 6 nitrogen and oxygen atoms in total. The number of aromatic nitrogens is 2. The molecule has 4 N–H and O–H groups in total. The number of nitrogens with two attached hydrogens (primary N) is 1. The van der Waals surface area contributed by atoms with Crippen LogP contribution < -0.4 is 11.1 Å². The first-order valence-corrected chi connectivity index (χ1v) is 10.3. The number of benzene rings is 2. The number of aliphatic hydroxyl groups excluding tert-OH is 1. The largest absolute Gasteiger partial charge is 0.386 e. The Morgan fingerprint density at radius 3 is 2.30 bits per heavy atom. The molecule has 30 heavy (non-hydrogen) atoms. The molecule has 4 aromatic rings. The Kier molecular flexibility index (Phi) is 5.83. The van der Waals surface area contributed by atoms with E-state index in [-0.39, 0.29) is 11.5 Å². The van der Waals surface area contributed by atoms with Gasteiger partial charge in [-0.1, -0.05) is 60.7 Å². The number of anilines is 1. The van der Waals surface area contributed by atoms with Crippen LogP contribution >= 0.6 is 11.3 Å². The summed E-state index contributed by atoms with van der Waals surface area (Å²) < 4.78 is 0. The first-order chi connectivity index (χ1) is 14.6. The van der Waals surface area contributed by atoms with Gasteiger partial charge in [0.15, 0.2) is 11.5 Å². The molecule has 0 saturated carbocycles. The summed E-state index contributed by atoms with van der Waals surface area (Å²) >= 11 is 1.53. The number of aliphatic hydroxyl groups is 1. The second kappa shape index (κ2) is 8.86. The van der Waals surface area contributed by atoms with Crippen molar-refractivity contribution in [1.82, 2.24) is 15.3 Å². The number of hydrogen-bond acceptors (Lipinski definition) is 6. The second-order valence-corrected chi connectivity index (χ2v) is 7.50. The van der Waals surface area contributed by atoms with Gasteiger partial charge < -0.3 is 16.2 Å². The highest BCUT2D eigenvalue weighted by Crippen LogP contribution is 2.29. The maximum atomic E-state index is 13.1. The number of hydrogen-bond donors (Lipinski definition) is 3. The van der Waals surface area contributed by atoms with Crippen molar-refractivity contribution in [3.63, 3.8) is 0 Å². The third-order valence-corrected chi connectivity index (χ3v) is 5.42. The molecule has 2 aromatic carbocycles. The number of thiophene rings is 1. The first-order valence-electron chi connectivity index (χ1n) is 9.37. The summed E-state index contributed by atoms with van der Waals surface area (Å²) in [6, 6.07) is 19.7. The smallest absolute Gasteiger partial charge is 0.274 e. The summed E-state index contributed by atoms with van der Waals surface area (Å²) in [5.74, 6) is -0.464. The molecule has 0 radical (unpaired) electrons. The molecule has 0 saturated heterocycles. The molecule has 0 aliphatic heterocycles. The van der Waals surface area contributed by atoms with Gasteiger partial charge in [-0.15, -0.1) is 0 Å². The Balaban J connectivity index is 1.66. The van der Waals surface area contributed by atoms with Gasteiger partial charge in [-0.2, -0.15) is 11.3 Å². The molecule has 2 atom stereocenters. The number of amides is 1. The molecule has 0 bridgehead atoms. The summed E-state index contributed by atoms with van der Waals surface area (Å²) in [4.78, 5) is 21.7. The molecule has 150 valence electrons. The van der Waals surface area contributed by atoms with Crippen molar-refractivity contribution in [2.45, 2.75) is 12.1 Å². The normalized spacial score (nSPS) is 12.8. The SMILES string of the molecule is Nc1ncc(-c2ccsc2)nc1C(=O)N[C@@H](c1ccccc1)[C@@H](O)c1ccccc1. The molecule has 0 unspecified atom stereocenters. The third kappa shape index (κ3) is 4.22. The lowest BCUT2D eigenvalue weighted by Gasteiger charge is -2.25. The van der Waals surface area contributed by atoms with Crippen LogP contribution in [-0.4, -0.2) is 21.0 Å². The van der Waals surface area contributed by atoms with Crippen molar-refractivity contribution in [3.8, 4) is 11.3 Å². The van der Waals surface area contributed by atoms with Gasteiger partial charge in [0.2, 0.25) is 0 Å². The number of nitrogens with zero attached hydrogens (tertiary/aromatic N) is 2. The third-order valence-electron chi connectivity index (χ3n) is 4.73. The van der Waals surface area contributed by atoms with Crippen LogP contribution in [-0.2, 0) is 0 Å². The fraction of sp³-hybridized carbons (Fsp3) is 0.0870. The number of carbonyl (C=O) groups is 1. The van der Waals surface area contributed by atoms with Crippen LogP contribution in [0.25, 0.3) is 11.3 Å². The number of nitrogens with one attached hydrogen (secondary N) is 1. The fourth-order valence-electron chi connectivity index (χ4n) is 3.17. The summed E-state index contributed by atoms with van der Waals surface area (Å²) in [5.41, 5.74) is 8.87. The van der Waals surface area contributed by atoms with Gasteiger partial charge in [0, 0.05) is 10.9 Å². The molecule has 2 heterocycles. The molecule has 0 aliphatic carbocycles. The van der Waals surface area contributed by atoms with Gasteiger partial charge in [0.05, 0.1) is 17.9 Å². The molecule has 4 rings (SSSR count). The molecule has 0 spiro atoms. The van der Waals surface area contributed by atoms with Gasteiger partial charge in [-0.3, -0.25) is 4.79 Å². The lowest BCUT2D eigenvalue weighted by Crippen LogP contribution is -2.34. The van der Waals surface area contributed by atoms with Crippen LogP contribution in [0.5, 0.6) is 0 Å². The molecule has 7 heteroatoms. The average molecular weight is 417 g/mol. The van der Waals surface area contributed by atoms with E-state index in [2.05, 4.69) is 15.3 Å². The minimum atomic E-state index is -0.952. The lowest BCUT2D eigenvalue weighted by atomic mass is 9.95. The van der Waals surface area contributed by atoms with Crippen LogP contribution in [0.3, 0.4) is 0 Å². The van der Waals surface area contributed by atoms with E-state index in [0.717, 1.165) is 11.1 Å². The van der Waals surface area contributed by atoms with E-state index in [1.807, 2.05) is 77.5 Å². The van der Waals surface area contributed by atoms with Crippen LogP contribution in [0.4, 0.5) is 5.82 Å². The van der Waals surface area contributed by atoms with Crippen molar-refractivity contribution in [3.05, 3.63) is 101 Å². The highest BCUT2D eigenvalue weighted by molar-refractivity contribution is 7.08. The van der Waals surface area contributed by atoms with Gasteiger partial charge in [0.25, 0.3) is 5.91 Å². The zero-order valence-corrected chi connectivity index (χ0v) is 16.8. The van der Waals surface area contributed by atoms with Crippen LogP contribution in [0.1, 0.15) is 33.8 Å². The Hall–Kier alpha value is -3.55. The van der Waals surface area contributed by atoms with E-state index in [9.17, 15) is 9.90 Å². The van der Waals surface area contributed by atoms with Gasteiger partial charge in [0.1, 0.15) is 6.10 Å². The van der Waals surface area contributed by atoms with Crippen LogP contribution in [0, 0.1) is 0 Å². The van der Waals surface area contributed by atoms with Crippen molar-refractivity contribution in [2.75, 3.05) is 5.73 Å². The van der Waals surface area contributed by atoms with E-state index in [1.165, 1.54) is 11.3 Å².